The molecule has 0 saturated carbocycles. The Kier molecular flexibility index (Phi) is 4.77. The Bertz CT molecular complexity index is 569. The maximum atomic E-state index is 12.2. The molecule has 0 aliphatic heterocycles. The number of nitrogens with one attached hydrogen (secondary N) is 1. The summed E-state index contributed by atoms with van der Waals surface area (Å²) in [6.07, 6.45) is 1.83. The highest BCUT2D eigenvalue weighted by Gasteiger charge is 2.12. The first-order valence-electron chi connectivity index (χ1n) is 6.31. The van der Waals surface area contributed by atoms with Gasteiger partial charge in [0.15, 0.2) is 0 Å². The van der Waals surface area contributed by atoms with Crippen molar-refractivity contribution >= 4 is 38.9 Å². The van der Waals surface area contributed by atoms with Crippen molar-refractivity contribution in [3.8, 4) is 0 Å². The van der Waals surface area contributed by atoms with E-state index in [2.05, 4.69) is 53.3 Å². The van der Waals surface area contributed by atoms with Crippen LogP contribution in [-0.2, 0) is 12.8 Å². The van der Waals surface area contributed by atoms with Gasteiger partial charge in [0, 0.05) is 11.1 Å². The first-order chi connectivity index (χ1) is 9.15. The molecule has 0 unspecified atom stereocenters. The van der Waals surface area contributed by atoms with Crippen LogP contribution >= 0.6 is 27.3 Å². The third-order valence-electron chi connectivity index (χ3n) is 3.07. The molecule has 4 heteroatoms. The number of hydrogen-bond acceptors (Lipinski definition) is 2. The van der Waals surface area contributed by atoms with Gasteiger partial charge in [0.05, 0.1) is 9.35 Å². The molecule has 0 fully saturated rings. The van der Waals surface area contributed by atoms with Crippen LogP contribution in [0.4, 0.5) is 5.69 Å². The summed E-state index contributed by atoms with van der Waals surface area (Å²) < 4.78 is 0.970. The molecule has 0 bridgehead atoms. The number of thiophene rings is 1. The molecule has 2 aromatic rings. The SMILES string of the molecule is CCc1cccc(CC)c1NC(=O)c1csc(Br)c1. The summed E-state index contributed by atoms with van der Waals surface area (Å²) in [5.74, 6) is -0.0439. The predicted molar refractivity (Wildman–Crippen MR) is 85.2 cm³/mol. The Balaban J connectivity index is 2.30. The van der Waals surface area contributed by atoms with Gasteiger partial charge in [0.1, 0.15) is 0 Å². The van der Waals surface area contributed by atoms with Crippen LogP contribution in [0.15, 0.2) is 33.4 Å². The molecule has 1 amide bonds. The minimum absolute atomic E-state index is 0.0439. The quantitative estimate of drug-likeness (QED) is 0.845. The zero-order chi connectivity index (χ0) is 13.8. The van der Waals surface area contributed by atoms with Crippen LogP contribution < -0.4 is 5.32 Å². The predicted octanol–water partition coefficient (Wildman–Crippen LogP) is 4.89. The maximum absolute atomic E-state index is 12.2. The second-order valence-corrected chi connectivity index (χ2v) is 6.54. The lowest BCUT2D eigenvalue weighted by atomic mass is 10.0. The van der Waals surface area contributed by atoms with Gasteiger partial charge in [-0.3, -0.25) is 4.79 Å². The molecule has 2 nitrogen and oxygen atoms in total. The molecule has 0 radical (unpaired) electrons. The fourth-order valence-corrected chi connectivity index (χ4v) is 3.15. The van der Waals surface area contributed by atoms with E-state index in [1.807, 2.05) is 11.4 Å². The molecular formula is C15H16BrNOS. The average molecular weight is 338 g/mol. The molecule has 1 aromatic heterocycles. The fraction of sp³-hybridized carbons (Fsp3) is 0.267. The average Bonchev–Trinajstić information content (AvgIpc) is 2.85. The summed E-state index contributed by atoms with van der Waals surface area (Å²) in [7, 11) is 0. The van der Waals surface area contributed by atoms with Gasteiger partial charge >= 0.3 is 0 Å². The van der Waals surface area contributed by atoms with Crippen LogP contribution in [0.25, 0.3) is 0 Å². The molecule has 1 aromatic carbocycles. The van der Waals surface area contributed by atoms with E-state index >= 15 is 0 Å². The highest BCUT2D eigenvalue weighted by Crippen LogP contribution is 2.25. The van der Waals surface area contributed by atoms with Crippen LogP contribution in [0.2, 0.25) is 0 Å². The molecule has 19 heavy (non-hydrogen) atoms. The third kappa shape index (κ3) is 3.25. The first-order valence-corrected chi connectivity index (χ1v) is 7.99. The van der Waals surface area contributed by atoms with Crippen molar-refractivity contribution in [2.24, 2.45) is 0 Å². The molecule has 2 rings (SSSR count). The lowest BCUT2D eigenvalue weighted by Crippen LogP contribution is -2.14. The Labute approximate surface area is 126 Å². The van der Waals surface area contributed by atoms with E-state index in [9.17, 15) is 4.79 Å². The van der Waals surface area contributed by atoms with E-state index < -0.39 is 0 Å². The molecule has 0 aliphatic rings. The number of carbonyl (C=O) groups is 1. The van der Waals surface area contributed by atoms with E-state index in [0.717, 1.165) is 22.3 Å². The summed E-state index contributed by atoms with van der Waals surface area (Å²) >= 11 is 4.90. The number of hydrogen-bond donors (Lipinski definition) is 1. The Hall–Kier alpha value is -1.13. The summed E-state index contributed by atoms with van der Waals surface area (Å²) in [5, 5.41) is 4.92. The van der Waals surface area contributed by atoms with Crippen molar-refractivity contribution in [3.05, 3.63) is 50.1 Å². The van der Waals surface area contributed by atoms with Crippen molar-refractivity contribution in [1.82, 2.24) is 0 Å². The molecule has 0 atom stereocenters. The number of carbonyl (C=O) groups excluding carboxylic acids is 1. The van der Waals surface area contributed by atoms with Crippen molar-refractivity contribution in [2.75, 3.05) is 5.32 Å². The minimum Gasteiger partial charge on any atom is -0.321 e. The molecule has 1 heterocycles. The smallest absolute Gasteiger partial charge is 0.256 e. The van der Waals surface area contributed by atoms with Crippen LogP contribution in [0, 0.1) is 0 Å². The molecule has 100 valence electrons. The van der Waals surface area contributed by atoms with Gasteiger partial charge in [0.2, 0.25) is 0 Å². The lowest BCUT2D eigenvalue weighted by molar-refractivity contribution is 0.102. The number of halogens is 1. The first kappa shape index (κ1) is 14.3. The standard InChI is InChI=1S/C15H16BrNOS/c1-3-10-6-5-7-11(4-2)14(10)17-15(18)12-8-13(16)19-9-12/h5-9H,3-4H2,1-2H3,(H,17,18). The number of aryl methyl sites for hydroxylation is 2. The number of rotatable bonds is 4. The van der Waals surface area contributed by atoms with Crippen molar-refractivity contribution in [3.63, 3.8) is 0 Å². The van der Waals surface area contributed by atoms with Crippen LogP contribution in [-0.4, -0.2) is 5.91 Å². The number of anilines is 1. The Morgan fingerprint density at radius 2 is 1.89 bits per heavy atom. The second-order valence-electron chi connectivity index (χ2n) is 4.25. The second kappa shape index (κ2) is 6.35. The highest BCUT2D eigenvalue weighted by atomic mass is 79.9. The van der Waals surface area contributed by atoms with E-state index in [1.165, 1.54) is 22.5 Å². The Morgan fingerprint density at radius 1 is 1.26 bits per heavy atom. The monoisotopic (exact) mass is 337 g/mol. The largest absolute Gasteiger partial charge is 0.321 e. The van der Waals surface area contributed by atoms with Gasteiger partial charge in [-0.05, 0) is 46.0 Å². The highest BCUT2D eigenvalue weighted by molar-refractivity contribution is 9.11. The molecular weight excluding hydrogens is 322 g/mol. The zero-order valence-corrected chi connectivity index (χ0v) is 13.4. The van der Waals surface area contributed by atoms with Crippen molar-refractivity contribution in [2.45, 2.75) is 26.7 Å². The lowest BCUT2D eigenvalue weighted by Gasteiger charge is -2.13. The van der Waals surface area contributed by atoms with E-state index in [1.54, 1.807) is 0 Å². The van der Waals surface area contributed by atoms with Gasteiger partial charge in [0.25, 0.3) is 5.91 Å². The topological polar surface area (TPSA) is 29.1 Å². The van der Waals surface area contributed by atoms with Gasteiger partial charge in [-0.15, -0.1) is 11.3 Å². The van der Waals surface area contributed by atoms with E-state index in [-0.39, 0.29) is 5.91 Å². The third-order valence-corrected chi connectivity index (χ3v) is 4.57. The van der Waals surface area contributed by atoms with Crippen LogP contribution in [0.5, 0.6) is 0 Å². The van der Waals surface area contributed by atoms with E-state index in [4.69, 9.17) is 0 Å². The van der Waals surface area contributed by atoms with Crippen molar-refractivity contribution < 1.29 is 4.79 Å². The summed E-state index contributed by atoms with van der Waals surface area (Å²) in [5.41, 5.74) is 4.04. The van der Waals surface area contributed by atoms with E-state index in [0.29, 0.717) is 5.56 Å². The minimum atomic E-state index is -0.0439. The van der Waals surface area contributed by atoms with Gasteiger partial charge < -0.3 is 5.32 Å². The molecule has 0 spiro atoms. The van der Waals surface area contributed by atoms with Gasteiger partial charge in [-0.2, -0.15) is 0 Å². The summed E-state index contributed by atoms with van der Waals surface area (Å²) in [4.78, 5) is 12.2. The number of amides is 1. The van der Waals surface area contributed by atoms with Gasteiger partial charge in [-0.1, -0.05) is 32.0 Å². The molecule has 0 aliphatic carbocycles. The maximum Gasteiger partial charge on any atom is 0.256 e. The van der Waals surface area contributed by atoms with Crippen molar-refractivity contribution in [1.29, 1.82) is 0 Å². The fourth-order valence-electron chi connectivity index (χ4n) is 2.02. The zero-order valence-electron chi connectivity index (χ0n) is 11.0. The van der Waals surface area contributed by atoms with Gasteiger partial charge in [-0.25, -0.2) is 0 Å². The van der Waals surface area contributed by atoms with Crippen LogP contribution in [0.1, 0.15) is 35.3 Å². The summed E-state index contributed by atoms with van der Waals surface area (Å²) in [6.45, 7) is 4.21. The Morgan fingerprint density at radius 3 is 2.37 bits per heavy atom. The van der Waals surface area contributed by atoms with Crippen LogP contribution in [0.3, 0.4) is 0 Å². The number of benzene rings is 1. The molecule has 1 N–H and O–H groups in total. The normalized spacial score (nSPS) is 10.5. The summed E-state index contributed by atoms with van der Waals surface area (Å²) in [6, 6.07) is 8.03. The molecule has 0 saturated heterocycles. The number of para-hydroxylation sites is 1.